The van der Waals surface area contributed by atoms with Gasteiger partial charge in [-0.25, -0.2) is 9.18 Å². The molecule has 26 heavy (non-hydrogen) atoms. The zero-order valence-corrected chi connectivity index (χ0v) is 14.9. The molecule has 1 aromatic rings. The summed E-state index contributed by atoms with van der Waals surface area (Å²) in [6, 6.07) is 3.88. The summed E-state index contributed by atoms with van der Waals surface area (Å²) in [4.78, 5) is 24.2. The van der Waals surface area contributed by atoms with E-state index in [0.717, 1.165) is 10.4 Å². The minimum absolute atomic E-state index is 0.0803. The second-order valence-electron chi connectivity index (χ2n) is 6.01. The van der Waals surface area contributed by atoms with E-state index in [9.17, 15) is 22.4 Å². The van der Waals surface area contributed by atoms with E-state index in [-0.39, 0.29) is 36.9 Å². The standard InChI is InChI=1S/C15H19FN4O5S/c1-10(21)17-8-12-9-19(15(22)25-12)11-3-4-14(13(16)7-11)20-6-2-5-18-26(20,23)24/h3-4,7,12,18H,2,5-6,8-9H2,1H3,(H,17,21)/t12-/m0/s1. The average Bonchev–Trinajstić information content (AvgIpc) is 2.94. The van der Waals surface area contributed by atoms with Gasteiger partial charge in [0.15, 0.2) is 0 Å². The molecule has 11 heteroatoms. The van der Waals surface area contributed by atoms with Crippen LogP contribution in [0.25, 0.3) is 0 Å². The number of carbonyl (C=O) groups is 2. The Morgan fingerprint density at radius 2 is 2.23 bits per heavy atom. The van der Waals surface area contributed by atoms with Crippen molar-refractivity contribution in [2.24, 2.45) is 0 Å². The van der Waals surface area contributed by atoms with Gasteiger partial charge in [0.2, 0.25) is 5.91 Å². The topological polar surface area (TPSA) is 108 Å². The third kappa shape index (κ3) is 3.73. The van der Waals surface area contributed by atoms with Crippen LogP contribution in [0, 0.1) is 5.82 Å². The van der Waals surface area contributed by atoms with Gasteiger partial charge in [-0.1, -0.05) is 0 Å². The molecule has 2 fully saturated rings. The smallest absolute Gasteiger partial charge is 0.414 e. The molecule has 0 aromatic heterocycles. The van der Waals surface area contributed by atoms with Gasteiger partial charge in [-0.2, -0.15) is 13.1 Å². The van der Waals surface area contributed by atoms with Crippen LogP contribution in [0.1, 0.15) is 13.3 Å². The summed E-state index contributed by atoms with van der Waals surface area (Å²) < 4.78 is 47.0. The van der Waals surface area contributed by atoms with Gasteiger partial charge in [0.1, 0.15) is 11.9 Å². The predicted octanol–water partition coefficient (Wildman–Crippen LogP) is 0.331. The molecule has 2 N–H and O–H groups in total. The molecule has 0 radical (unpaired) electrons. The zero-order chi connectivity index (χ0) is 18.9. The summed E-state index contributed by atoms with van der Waals surface area (Å²) >= 11 is 0. The van der Waals surface area contributed by atoms with Crippen LogP contribution in [-0.2, 0) is 19.7 Å². The first-order chi connectivity index (χ1) is 12.3. The van der Waals surface area contributed by atoms with Crippen molar-refractivity contribution in [1.29, 1.82) is 0 Å². The zero-order valence-electron chi connectivity index (χ0n) is 14.1. The summed E-state index contributed by atoms with van der Waals surface area (Å²) in [5.74, 6) is -1.00. The van der Waals surface area contributed by atoms with E-state index in [4.69, 9.17) is 4.74 Å². The van der Waals surface area contributed by atoms with Gasteiger partial charge in [-0.05, 0) is 24.6 Å². The van der Waals surface area contributed by atoms with E-state index < -0.39 is 28.2 Å². The van der Waals surface area contributed by atoms with Crippen molar-refractivity contribution in [3.63, 3.8) is 0 Å². The van der Waals surface area contributed by atoms with Crippen LogP contribution in [0.5, 0.6) is 0 Å². The Morgan fingerprint density at radius 3 is 2.88 bits per heavy atom. The van der Waals surface area contributed by atoms with Gasteiger partial charge in [0, 0.05) is 20.0 Å². The molecule has 2 saturated heterocycles. The number of rotatable bonds is 4. The number of benzene rings is 1. The lowest BCUT2D eigenvalue weighted by atomic mass is 10.2. The first-order valence-electron chi connectivity index (χ1n) is 8.07. The maximum absolute atomic E-state index is 14.5. The number of hydrogen-bond acceptors (Lipinski definition) is 5. The van der Waals surface area contributed by atoms with Crippen LogP contribution in [0.2, 0.25) is 0 Å². The van der Waals surface area contributed by atoms with Gasteiger partial charge in [-0.15, -0.1) is 0 Å². The van der Waals surface area contributed by atoms with Crippen molar-refractivity contribution in [2.45, 2.75) is 19.4 Å². The van der Waals surface area contributed by atoms with Crippen LogP contribution < -0.4 is 19.2 Å². The summed E-state index contributed by atoms with van der Waals surface area (Å²) in [6.45, 7) is 2.16. The van der Waals surface area contributed by atoms with Gasteiger partial charge in [-0.3, -0.25) is 14.0 Å². The lowest BCUT2D eigenvalue weighted by Crippen LogP contribution is -2.47. The fourth-order valence-corrected chi connectivity index (χ4v) is 4.17. The Balaban J connectivity index is 1.77. The lowest BCUT2D eigenvalue weighted by molar-refractivity contribution is -0.119. The first-order valence-corrected chi connectivity index (χ1v) is 9.51. The molecule has 1 atom stereocenters. The van der Waals surface area contributed by atoms with Crippen molar-refractivity contribution < 1.29 is 27.1 Å². The highest BCUT2D eigenvalue weighted by molar-refractivity contribution is 7.90. The van der Waals surface area contributed by atoms with Crippen LogP contribution in [0.3, 0.4) is 0 Å². The summed E-state index contributed by atoms with van der Waals surface area (Å²) in [5.41, 5.74) is 0.173. The van der Waals surface area contributed by atoms with Gasteiger partial charge in [0.25, 0.3) is 0 Å². The highest BCUT2D eigenvalue weighted by Crippen LogP contribution is 2.29. The Bertz CT molecular complexity index is 831. The Labute approximate surface area is 150 Å². The number of nitrogens with one attached hydrogen (secondary N) is 2. The number of ether oxygens (including phenoxy) is 1. The average molecular weight is 386 g/mol. The molecule has 142 valence electrons. The normalized spacial score (nSPS) is 22.2. The Morgan fingerprint density at radius 1 is 1.46 bits per heavy atom. The van der Waals surface area contributed by atoms with E-state index in [2.05, 4.69) is 10.0 Å². The van der Waals surface area contributed by atoms with Crippen LogP contribution in [-0.4, -0.2) is 52.7 Å². The van der Waals surface area contributed by atoms with Gasteiger partial charge in [0.05, 0.1) is 24.5 Å². The number of anilines is 2. The van der Waals surface area contributed by atoms with Crippen molar-refractivity contribution in [3.05, 3.63) is 24.0 Å². The number of nitrogens with zero attached hydrogens (tertiary/aromatic N) is 2. The maximum atomic E-state index is 14.5. The summed E-state index contributed by atoms with van der Waals surface area (Å²) in [6.07, 6.45) is -0.635. The molecular weight excluding hydrogens is 367 g/mol. The number of hydrogen-bond donors (Lipinski definition) is 2. The molecule has 0 spiro atoms. The predicted molar refractivity (Wildman–Crippen MR) is 91.6 cm³/mol. The van der Waals surface area contributed by atoms with Crippen molar-refractivity contribution in [2.75, 3.05) is 35.4 Å². The summed E-state index contributed by atoms with van der Waals surface area (Å²) in [7, 11) is -3.77. The Hall–Kier alpha value is -2.40. The number of carbonyl (C=O) groups excluding carboxylic acids is 2. The quantitative estimate of drug-likeness (QED) is 0.775. The highest BCUT2D eigenvalue weighted by Gasteiger charge is 2.34. The van der Waals surface area contributed by atoms with Gasteiger partial charge >= 0.3 is 16.3 Å². The second kappa shape index (κ2) is 7.08. The number of cyclic esters (lactones) is 1. The number of amides is 2. The number of halogens is 1. The third-order valence-electron chi connectivity index (χ3n) is 4.08. The first kappa shape index (κ1) is 18.4. The SMILES string of the molecule is CC(=O)NC[C@H]1CN(c2ccc(N3CCCNS3(=O)=O)c(F)c2)C(=O)O1. The van der Waals surface area contributed by atoms with E-state index in [1.807, 2.05) is 0 Å². The van der Waals surface area contributed by atoms with Gasteiger partial charge < -0.3 is 10.1 Å². The molecule has 0 aliphatic carbocycles. The molecule has 1 aromatic carbocycles. The summed E-state index contributed by atoms with van der Waals surface area (Å²) in [5, 5.41) is 2.56. The van der Waals surface area contributed by atoms with Crippen LogP contribution in [0.15, 0.2) is 18.2 Å². The van der Waals surface area contributed by atoms with E-state index in [1.165, 1.54) is 24.0 Å². The van der Waals surface area contributed by atoms with E-state index >= 15 is 0 Å². The largest absolute Gasteiger partial charge is 0.442 e. The Kier molecular flexibility index (Phi) is 5.01. The fourth-order valence-electron chi connectivity index (χ4n) is 2.83. The van der Waals surface area contributed by atoms with Crippen LogP contribution in [0.4, 0.5) is 20.6 Å². The van der Waals surface area contributed by atoms with Crippen molar-refractivity contribution in [1.82, 2.24) is 10.0 Å². The monoisotopic (exact) mass is 386 g/mol. The molecule has 3 rings (SSSR count). The molecule has 9 nitrogen and oxygen atoms in total. The molecule has 0 bridgehead atoms. The molecule has 0 unspecified atom stereocenters. The fraction of sp³-hybridized carbons (Fsp3) is 0.467. The van der Waals surface area contributed by atoms with Crippen molar-refractivity contribution >= 4 is 33.6 Å². The maximum Gasteiger partial charge on any atom is 0.414 e. The molecule has 2 heterocycles. The molecule has 2 aliphatic rings. The third-order valence-corrected chi connectivity index (χ3v) is 5.61. The van der Waals surface area contributed by atoms with Crippen molar-refractivity contribution in [3.8, 4) is 0 Å². The molecule has 0 saturated carbocycles. The highest BCUT2D eigenvalue weighted by atomic mass is 32.2. The van der Waals surface area contributed by atoms with Crippen LogP contribution >= 0.6 is 0 Å². The molecule has 2 aliphatic heterocycles. The van der Waals surface area contributed by atoms with E-state index in [0.29, 0.717) is 13.0 Å². The lowest BCUT2D eigenvalue weighted by Gasteiger charge is -2.29. The second-order valence-corrected chi connectivity index (χ2v) is 7.69. The minimum Gasteiger partial charge on any atom is -0.442 e. The minimum atomic E-state index is -3.77. The molecule has 2 amide bonds. The molecular formula is C15H19FN4O5S. The van der Waals surface area contributed by atoms with E-state index in [1.54, 1.807) is 0 Å².